The molecule has 0 atom stereocenters. The van der Waals surface area contributed by atoms with Crippen LogP contribution in [-0.2, 0) is 0 Å². The van der Waals surface area contributed by atoms with Gasteiger partial charge >= 0.3 is 0 Å². The van der Waals surface area contributed by atoms with Crippen LogP contribution >= 0.6 is 0 Å². The van der Waals surface area contributed by atoms with Crippen molar-refractivity contribution in [3.8, 4) is 5.75 Å². The zero-order chi connectivity index (χ0) is 6.69. The third-order valence-corrected chi connectivity index (χ3v) is 1.13. The highest BCUT2D eigenvalue weighted by Gasteiger charge is 1.84. The number of benzene rings is 1. The van der Waals surface area contributed by atoms with Crippen LogP contribution in [0, 0.1) is 0 Å². The van der Waals surface area contributed by atoms with Crippen LogP contribution in [0.2, 0.25) is 0 Å². The van der Waals surface area contributed by atoms with E-state index < -0.39 is 0 Å². The van der Waals surface area contributed by atoms with Gasteiger partial charge in [0.15, 0.2) is 0 Å². The van der Waals surface area contributed by atoms with Crippen LogP contribution in [0.15, 0.2) is 30.8 Å². The van der Waals surface area contributed by atoms with Gasteiger partial charge in [-0.2, -0.15) is 0 Å². The number of rotatable bonds is 1. The van der Waals surface area contributed by atoms with Gasteiger partial charge in [-0.05, 0) is 17.7 Å². The van der Waals surface area contributed by atoms with Gasteiger partial charge in [0.25, 0.3) is 0 Å². The Hall–Kier alpha value is -1.24. The molecule has 54 valence electrons. The van der Waals surface area contributed by atoms with Crippen LogP contribution in [-0.4, -0.2) is 5.11 Å². The molecule has 0 saturated heterocycles. The molecule has 0 unspecified atom stereocenters. The summed E-state index contributed by atoms with van der Waals surface area (Å²) in [5.74, 6) is 0.292. The molecular formula is C9H12O. The Bertz CT molecular complexity index is 198. The van der Waals surface area contributed by atoms with E-state index in [1.807, 2.05) is 12.1 Å². The lowest BCUT2D eigenvalue weighted by atomic mass is 10.2. The molecule has 0 aliphatic carbocycles. The number of hydrogen-bond acceptors (Lipinski definition) is 1. The van der Waals surface area contributed by atoms with Crippen molar-refractivity contribution in [2.75, 3.05) is 0 Å². The van der Waals surface area contributed by atoms with Crippen molar-refractivity contribution in [1.29, 1.82) is 0 Å². The lowest BCUT2D eigenvalue weighted by Crippen LogP contribution is -1.67. The Balaban J connectivity index is 0.000000810. The summed E-state index contributed by atoms with van der Waals surface area (Å²) in [6, 6.07) is 6.89. The van der Waals surface area contributed by atoms with Gasteiger partial charge in [-0.15, -0.1) is 0 Å². The molecule has 0 saturated carbocycles. The van der Waals surface area contributed by atoms with Gasteiger partial charge in [0.2, 0.25) is 0 Å². The maximum absolute atomic E-state index is 8.82. The van der Waals surface area contributed by atoms with Crippen LogP contribution in [0.4, 0.5) is 0 Å². The number of hydrogen-bond donors (Lipinski definition) is 1. The zero-order valence-corrected chi connectivity index (χ0v) is 5.04. The fourth-order valence-electron chi connectivity index (χ4n) is 0.610. The minimum atomic E-state index is 0. The first-order valence-electron chi connectivity index (χ1n) is 2.74. The Morgan fingerprint density at radius 3 is 2.10 bits per heavy atom. The minimum absolute atomic E-state index is 0. The molecule has 10 heavy (non-hydrogen) atoms. The number of phenols is 1. The summed E-state index contributed by atoms with van der Waals surface area (Å²) in [7, 11) is 0. The second kappa shape index (κ2) is 3.72. The normalized spacial score (nSPS) is 8.00. The second-order valence-corrected chi connectivity index (χ2v) is 1.80. The third-order valence-electron chi connectivity index (χ3n) is 1.13. The maximum atomic E-state index is 8.82. The predicted octanol–water partition coefficient (Wildman–Crippen LogP) is 2.67. The molecular weight excluding hydrogens is 124 g/mol. The van der Waals surface area contributed by atoms with E-state index in [1.165, 1.54) is 0 Å². The maximum Gasteiger partial charge on any atom is 0.115 e. The van der Waals surface area contributed by atoms with Gasteiger partial charge in [0.05, 0.1) is 0 Å². The third kappa shape index (κ3) is 1.94. The Kier molecular flexibility index (Phi) is 3.26. The van der Waals surface area contributed by atoms with Gasteiger partial charge in [-0.1, -0.05) is 32.2 Å². The van der Waals surface area contributed by atoms with Gasteiger partial charge in [-0.3, -0.25) is 0 Å². The molecule has 1 aromatic carbocycles. The van der Waals surface area contributed by atoms with E-state index in [9.17, 15) is 0 Å². The molecule has 0 aromatic heterocycles. The summed E-state index contributed by atoms with van der Waals surface area (Å²) in [5, 5.41) is 8.82. The van der Waals surface area contributed by atoms with Crippen LogP contribution < -0.4 is 0 Å². The predicted molar refractivity (Wildman–Crippen MR) is 44.9 cm³/mol. The molecule has 0 aliphatic rings. The van der Waals surface area contributed by atoms with E-state index in [2.05, 4.69) is 6.58 Å². The quantitative estimate of drug-likeness (QED) is 0.629. The molecule has 0 fully saturated rings. The summed E-state index contributed by atoms with van der Waals surface area (Å²) in [6.45, 7) is 3.58. The lowest BCUT2D eigenvalue weighted by Gasteiger charge is -1.90. The minimum Gasteiger partial charge on any atom is -0.508 e. The van der Waals surface area contributed by atoms with Crippen LogP contribution in [0.25, 0.3) is 6.08 Å². The number of aromatic hydroxyl groups is 1. The van der Waals surface area contributed by atoms with Crippen LogP contribution in [0.3, 0.4) is 0 Å². The highest BCUT2D eigenvalue weighted by Crippen LogP contribution is 2.09. The highest BCUT2D eigenvalue weighted by molar-refractivity contribution is 5.47. The SMILES string of the molecule is C.C=Cc1ccc(O)cc1. The van der Waals surface area contributed by atoms with Crippen LogP contribution in [0.1, 0.15) is 13.0 Å². The van der Waals surface area contributed by atoms with Crippen molar-refractivity contribution in [1.82, 2.24) is 0 Å². The zero-order valence-electron chi connectivity index (χ0n) is 5.04. The average molecular weight is 136 g/mol. The smallest absolute Gasteiger partial charge is 0.115 e. The summed E-state index contributed by atoms with van der Waals surface area (Å²) in [4.78, 5) is 0. The summed E-state index contributed by atoms with van der Waals surface area (Å²) in [6.07, 6.45) is 1.74. The van der Waals surface area contributed by atoms with Gasteiger partial charge in [-0.25, -0.2) is 0 Å². The Morgan fingerprint density at radius 1 is 1.20 bits per heavy atom. The Labute approximate surface area is 61.6 Å². The second-order valence-electron chi connectivity index (χ2n) is 1.80. The van der Waals surface area contributed by atoms with E-state index in [0.29, 0.717) is 5.75 Å². The molecule has 0 spiro atoms. The summed E-state index contributed by atoms with van der Waals surface area (Å²) >= 11 is 0. The summed E-state index contributed by atoms with van der Waals surface area (Å²) in [5.41, 5.74) is 1.02. The van der Waals surface area contributed by atoms with E-state index in [4.69, 9.17) is 5.11 Å². The fraction of sp³-hybridized carbons (Fsp3) is 0.111. The first kappa shape index (κ1) is 8.76. The molecule has 1 N–H and O–H groups in total. The monoisotopic (exact) mass is 136 g/mol. The molecule has 0 aliphatic heterocycles. The molecule has 1 rings (SSSR count). The standard InChI is InChI=1S/C8H8O.CH4/c1-2-7-3-5-8(9)6-4-7;/h2-6,9H,1H2;1H4. The van der Waals surface area contributed by atoms with Gasteiger partial charge in [0.1, 0.15) is 5.75 Å². The largest absolute Gasteiger partial charge is 0.508 e. The average Bonchev–Trinajstić information content (AvgIpc) is 1.90. The van der Waals surface area contributed by atoms with Crippen molar-refractivity contribution in [3.63, 3.8) is 0 Å². The van der Waals surface area contributed by atoms with Gasteiger partial charge in [0, 0.05) is 0 Å². The molecule has 0 heterocycles. The molecule has 1 aromatic rings. The van der Waals surface area contributed by atoms with Crippen molar-refractivity contribution < 1.29 is 5.11 Å². The molecule has 0 radical (unpaired) electrons. The van der Waals surface area contributed by atoms with Crippen molar-refractivity contribution >= 4 is 6.08 Å². The Morgan fingerprint density at radius 2 is 1.70 bits per heavy atom. The van der Waals surface area contributed by atoms with E-state index in [-0.39, 0.29) is 7.43 Å². The molecule has 1 nitrogen and oxygen atoms in total. The van der Waals surface area contributed by atoms with E-state index in [0.717, 1.165) is 5.56 Å². The first-order chi connectivity index (χ1) is 4.33. The molecule has 0 amide bonds. The van der Waals surface area contributed by atoms with Crippen molar-refractivity contribution in [2.24, 2.45) is 0 Å². The number of phenolic OH excluding ortho intramolecular Hbond substituents is 1. The van der Waals surface area contributed by atoms with Crippen molar-refractivity contribution in [2.45, 2.75) is 7.43 Å². The fourth-order valence-corrected chi connectivity index (χ4v) is 0.610. The summed E-state index contributed by atoms with van der Waals surface area (Å²) < 4.78 is 0. The highest BCUT2D eigenvalue weighted by atomic mass is 16.3. The lowest BCUT2D eigenvalue weighted by molar-refractivity contribution is 0.475. The van der Waals surface area contributed by atoms with Crippen molar-refractivity contribution in [3.05, 3.63) is 36.4 Å². The molecule has 1 heteroatoms. The van der Waals surface area contributed by atoms with E-state index >= 15 is 0 Å². The van der Waals surface area contributed by atoms with Gasteiger partial charge < -0.3 is 5.11 Å². The topological polar surface area (TPSA) is 20.2 Å². The first-order valence-corrected chi connectivity index (χ1v) is 2.74. The molecule has 0 bridgehead atoms. The van der Waals surface area contributed by atoms with Crippen LogP contribution in [0.5, 0.6) is 5.75 Å². The van der Waals surface area contributed by atoms with E-state index in [1.54, 1.807) is 18.2 Å².